The molecule has 0 aliphatic heterocycles. The number of rotatable bonds is 6. The van der Waals surface area contributed by atoms with E-state index in [0.717, 1.165) is 0 Å². The molecule has 0 fully saturated rings. The van der Waals surface area contributed by atoms with Crippen LogP contribution in [0.4, 0.5) is 0 Å². The first-order valence-corrected chi connectivity index (χ1v) is 11.1. The molecule has 4 nitrogen and oxygen atoms in total. The Morgan fingerprint density at radius 1 is 0.733 bits per heavy atom. The van der Waals surface area contributed by atoms with Crippen molar-refractivity contribution >= 4 is 28.1 Å². The van der Waals surface area contributed by atoms with Crippen molar-refractivity contribution in [2.24, 2.45) is 0 Å². The molecular weight excluding hydrogens is 236 g/mol. The summed E-state index contributed by atoms with van der Waals surface area (Å²) in [5.41, 5.74) is 0. The molecule has 0 N–H and O–H groups in total. The zero-order valence-corrected chi connectivity index (χ0v) is 15.4. The molecule has 0 radical (unpaired) electrons. The van der Waals surface area contributed by atoms with Crippen LogP contribution in [0.3, 0.4) is 0 Å². The minimum Gasteiger partial charge on any atom is -0.342 e. The smallest absolute Gasteiger partial charge is 0.174 e. The normalized spacial score (nSPS) is 17.6. The first-order chi connectivity index (χ1) is 6.77. The highest BCUT2D eigenvalue weighted by Gasteiger charge is 2.25. The van der Waals surface area contributed by atoms with Crippen molar-refractivity contribution < 1.29 is 0 Å². The minimum absolute atomic E-state index is 0.214. The molecule has 0 heterocycles. The lowest BCUT2D eigenvalue weighted by Crippen LogP contribution is -2.62. The maximum atomic E-state index is 2.88. The van der Waals surface area contributed by atoms with E-state index in [9.17, 15) is 0 Å². The summed E-state index contributed by atoms with van der Waals surface area (Å²) in [7, 11) is 11.4. The lowest BCUT2D eigenvalue weighted by molar-refractivity contribution is 0.545. The topological polar surface area (TPSA) is 13.0 Å². The highest BCUT2D eigenvalue weighted by Crippen LogP contribution is 2.03. The predicted molar refractivity (Wildman–Crippen MR) is 77.5 cm³/mol. The monoisotopic (exact) mass is 264 g/mol. The molecule has 0 aromatic rings. The van der Waals surface area contributed by atoms with Crippen molar-refractivity contribution in [1.82, 2.24) is 17.6 Å². The van der Waals surface area contributed by atoms with Gasteiger partial charge in [-0.1, -0.05) is 0 Å². The van der Waals surface area contributed by atoms with Gasteiger partial charge in [-0.3, -0.25) is 0 Å². The predicted octanol–water partition coefficient (Wildman–Crippen LogP) is -1.33. The molecule has 0 amide bonds. The lowest BCUT2D eigenvalue weighted by atomic mass is 11.3. The van der Waals surface area contributed by atoms with Gasteiger partial charge in [-0.25, -0.2) is 0 Å². The lowest BCUT2D eigenvalue weighted by Gasteiger charge is -2.40. The van der Waals surface area contributed by atoms with Crippen LogP contribution in [0.5, 0.6) is 0 Å². The van der Waals surface area contributed by atoms with Crippen molar-refractivity contribution in [3.8, 4) is 0 Å². The molecule has 0 bridgehead atoms. The summed E-state index contributed by atoms with van der Waals surface area (Å²) in [5, 5.41) is 0. The highest BCUT2D eigenvalue weighted by molar-refractivity contribution is 6.77. The zero-order chi connectivity index (χ0) is 12.2. The SMILES string of the molecule is CN(C)[SiH2]N([SiH](C)N(C)C)[SiH](C)N(C)C. The van der Waals surface area contributed by atoms with Gasteiger partial charge in [-0.15, -0.1) is 0 Å². The van der Waals surface area contributed by atoms with Crippen LogP contribution >= 0.6 is 0 Å². The Labute approximate surface area is 101 Å². The molecule has 0 aliphatic rings. The Bertz CT molecular complexity index is 163. The first kappa shape index (κ1) is 15.5. The van der Waals surface area contributed by atoms with Crippen molar-refractivity contribution in [1.29, 1.82) is 0 Å². The van der Waals surface area contributed by atoms with Crippen LogP contribution in [-0.2, 0) is 0 Å². The standard InChI is InChI=1S/C8H28N4Si3/c1-9(2)13-12(14(7)10(3)4)15(8)11(5)6/h14-15H,13H2,1-8H3. The van der Waals surface area contributed by atoms with E-state index in [1.54, 1.807) is 0 Å². The fraction of sp³-hybridized carbons (Fsp3) is 1.00. The molecule has 0 aromatic carbocycles. The second-order valence-electron chi connectivity index (χ2n) is 4.93. The summed E-state index contributed by atoms with van der Waals surface area (Å²) in [4.78, 5) is 0. The molecule has 7 heteroatoms. The molecule has 2 unspecified atom stereocenters. The quantitative estimate of drug-likeness (QED) is 0.551. The van der Waals surface area contributed by atoms with E-state index in [1.807, 2.05) is 0 Å². The van der Waals surface area contributed by atoms with E-state index in [4.69, 9.17) is 0 Å². The van der Waals surface area contributed by atoms with Gasteiger partial charge in [-0.05, 0) is 55.4 Å². The van der Waals surface area contributed by atoms with Gasteiger partial charge < -0.3 is 17.6 Å². The van der Waals surface area contributed by atoms with E-state index in [2.05, 4.69) is 73.0 Å². The van der Waals surface area contributed by atoms with Crippen molar-refractivity contribution in [2.75, 3.05) is 42.3 Å². The third-order valence-electron chi connectivity index (χ3n) is 2.90. The number of nitrogens with zero attached hydrogens (tertiary/aromatic N) is 4. The molecule has 0 saturated carbocycles. The second kappa shape index (κ2) is 6.94. The molecule has 2 atom stereocenters. The van der Waals surface area contributed by atoms with E-state index < -0.39 is 18.2 Å². The molecule has 15 heavy (non-hydrogen) atoms. The summed E-state index contributed by atoms with van der Waals surface area (Å²) in [6.07, 6.45) is 0. The van der Waals surface area contributed by atoms with Crippen molar-refractivity contribution in [3.63, 3.8) is 0 Å². The maximum Gasteiger partial charge on any atom is 0.174 e. The number of hydrogen-bond donors (Lipinski definition) is 0. The fourth-order valence-corrected chi connectivity index (χ4v) is 13.2. The molecule has 0 rings (SSSR count). The summed E-state index contributed by atoms with van der Waals surface area (Å²) in [6, 6.07) is 0. The minimum atomic E-state index is -0.854. The van der Waals surface area contributed by atoms with Gasteiger partial charge in [0.05, 0.1) is 0 Å². The Balaban J connectivity index is 4.56. The zero-order valence-electron chi connectivity index (χ0n) is 11.7. The largest absolute Gasteiger partial charge is 0.342 e. The molecule has 0 saturated heterocycles. The van der Waals surface area contributed by atoms with Gasteiger partial charge in [0, 0.05) is 0 Å². The Morgan fingerprint density at radius 3 is 1.27 bits per heavy atom. The van der Waals surface area contributed by atoms with E-state index in [0.29, 0.717) is 0 Å². The maximum absolute atomic E-state index is 2.88. The van der Waals surface area contributed by atoms with Crippen LogP contribution in [0.1, 0.15) is 0 Å². The molecule has 92 valence electrons. The Hall–Kier alpha value is 0.491. The number of hydrogen-bond acceptors (Lipinski definition) is 4. The average molecular weight is 265 g/mol. The van der Waals surface area contributed by atoms with E-state index in [-0.39, 0.29) is 9.84 Å². The molecule has 0 aromatic heterocycles. The van der Waals surface area contributed by atoms with Gasteiger partial charge in [0.25, 0.3) is 0 Å². The van der Waals surface area contributed by atoms with E-state index in [1.165, 1.54) is 0 Å². The Kier molecular flexibility index (Phi) is 7.17. The summed E-state index contributed by atoms with van der Waals surface area (Å²) < 4.78 is 10.2. The second-order valence-corrected chi connectivity index (χ2v) is 15.2. The molecule has 0 aliphatic carbocycles. The molecule has 0 spiro atoms. The summed E-state index contributed by atoms with van der Waals surface area (Å²) in [6.45, 7) is 4.90. The third-order valence-corrected chi connectivity index (χ3v) is 15.4. The average Bonchev–Trinajstić information content (AvgIpc) is 2.11. The van der Waals surface area contributed by atoms with Crippen molar-refractivity contribution in [2.45, 2.75) is 13.1 Å². The van der Waals surface area contributed by atoms with Crippen LogP contribution in [0, 0.1) is 0 Å². The fourth-order valence-electron chi connectivity index (χ4n) is 1.47. The van der Waals surface area contributed by atoms with Gasteiger partial charge in [0.15, 0.2) is 28.1 Å². The van der Waals surface area contributed by atoms with Gasteiger partial charge in [-0.2, -0.15) is 0 Å². The van der Waals surface area contributed by atoms with Gasteiger partial charge in [0.1, 0.15) is 0 Å². The van der Waals surface area contributed by atoms with Crippen LogP contribution in [0.2, 0.25) is 13.1 Å². The summed E-state index contributed by atoms with van der Waals surface area (Å²) >= 11 is 0. The summed E-state index contributed by atoms with van der Waals surface area (Å²) in [5.74, 6) is 0. The first-order valence-electron chi connectivity index (χ1n) is 5.50. The van der Waals surface area contributed by atoms with Crippen LogP contribution in [-0.4, -0.2) is 88.0 Å². The Morgan fingerprint density at radius 2 is 1.07 bits per heavy atom. The van der Waals surface area contributed by atoms with Crippen LogP contribution in [0.15, 0.2) is 0 Å². The van der Waals surface area contributed by atoms with E-state index >= 15 is 0 Å². The van der Waals surface area contributed by atoms with Crippen LogP contribution < -0.4 is 0 Å². The van der Waals surface area contributed by atoms with Gasteiger partial charge >= 0.3 is 0 Å². The molecular formula is C8H28N4Si3. The van der Waals surface area contributed by atoms with Gasteiger partial charge in [0.2, 0.25) is 0 Å². The van der Waals surface area contributed by atoms with Crippen molar-refractivity contribution in [3.05, 3.63) is 0 Å². The van der Waals surface area contributed by atoms with Crippen LogP contribution in [0.25, 0.3) is 0 Å². The third kappa shape index (κ3) is 5.38. The highest BCUT2D eigenvalue weighted by atomic mass is 28.4.